The van der Waals surface area contributed by atoms with Crippen LogP contribution in [-0.4, -0.2) is 4.92 Å². The standard InChI is InChI=1S/C16H17BrN2O2/c1-3-14(12-6-4-7-13(17)10-12)18-15-8-5-9-16(11(15)2)19(20)21/h4-10,14,18H,3H2,1-2H3. The van der Waals surface area contributed by atoms with Gasteiger partial charge in [-0.1, -0.05) is 41.1 Å². The second-order valence-electron chi connectivity index (χ2n) is 4.87. The highest BCUT2D eigenvalue weighted by atomic mass is 79.9. The molecule has 0 fully saturated rings. The molecular formula is C16H17BrN2O2. The third-order valence-electron chi connectivity index (χ3n) is 3.49. The summed E-state index contributed by atoms with van der Waals surface area (Å²) in [7, 11) is 0. The van der Waals surface area contributed by atoms with Gasteiger partial charge in [-0.2, -0.15) is 0 Å². The van der Waals surface area contributed by atoms with E-state index in [1.807, 2.05) is 18.2 Å². The van der Waals surface area contributed by atoms with E-state index in [9.17, 15) is 10.1 Å². The number of nitrogens with one attached hydrogen (secondary N) is 1. The summed E-state index contributed by atoms with van der Waals surface area (Å²) in [6.45, 7) is 3.86. The number of hydrogen-bond donors (Lipinski definition) is 1. The zero-order chi connectivity index (χ0) is 15.4. The van der Waals surface area contributed by atoms with Crippen molar-refractivity contribution in [2.75, 3.05) is 5.32 Å². The van der Waals surface area contributed by atoms with E-state index >= 15 is 0 Å². The molecule has 1 atom stereocenters. The summed E-state index contributed by atoms with van der Waals surface area (Å²) in [6, 6.07) is 13.3. The summed E-state index contributed by atoms with van der Waals surface area (Å²) >= 11 is 3.47. The van der Waals surface area contributed by atoms with Gasteiger partial charge in [0.25, 0.3) is 5.69 Å². The number of halogens is 1. The van der Waals surface area contributed by atoms with Gasteiger partial charge in [0.05, 0.1) is 11.0 Å². The normalized spacial score (nSPS) is 12.0. The largest absolute Gasteiger partial charge is 0.378 e. The Morgan fingerprint density at radius 2 is 2.00 bits per heavy atom. The molecule has 2 aromatic rings. The van der Waals surface area contributed by atoms with Gasteiger partial charge in [0, 0.05) is 21.8 Å². The molecule has 0 aliphatic carbocycles. The van der Waals surface area contributed by atoms with Crippen molar-refractivity contribution in [2.45, 2.75) is 26.3 Å². The Bertz CT molecular complexity index is 658. The molecule has 1 unspecified atom stereocenters. The van der Waals surface area contributed by atoms with Gasteiger partial charge in [-0.3, -0.25) is 10.1 Å². The molecule has 0 aromatic heterocycles. The number of rotatable bonds is 5. The minimum atomic E-state index is -0.347. The molecule has 4 nitrogen and oxygen atoms in total. The van der Waals surface area contributed by atoms with E-state index in [1.165, 1.54) is 6.07 Å². The summed E-state index contributed by atoms with van der Waals surface area (Å²) in [4.78, 5) is 10.7. The Morgan fingerprint density at radius 1 is 1.29 bits per heavy atom. The Morgan fingerprint density at radius 3 is 2.62 bits per heavy atom. The number of nitro benzene ring substituents is 1. The van der Waals surface area contributed by atoms with Crippen LogP contribution in [0.5, 0.6) is 0 Å². The third-order valence-corrected chi connectivity index (χ3v) is 3.98. The summed E-state index contributed by atoms with van der Waals surface area (Å²) in [5.41, 5.74) is 2.76. The molecule has 5 heteroatoms. The highest BCUT2D eigenvalue weighted by Crippen LogP contribution is 2.30. The highest BCUT2D eigenvalue weighted by molar-refractivity contribution is 9.10. The zero-order valence-electron chi connectivity index (χ0n) is 12.0. The van der Waals surface area contributed by atoms with E-state index < -0.39 is 0 Å². The van der Waals surface area contributed by atoms with Crippen LogP contribution in [0.3, 0.4) is 0 Å². The van der Waals surface area contributed by atoms with E-state index in [0.717, 1.165) is 22.1 Å². The Hall–Kier alpha value is -1.88. The summed E-state index contributed by atoms with van der Waals surface area (Å²) in [6.07, 6.45) is 0.887. The SMILES string of the molecule is CCC(Nc1cccc([N+](=O)[O-])c1C)c1cccc(Br)c1. The zero-order valence-corrected chi connectivity index (χ0v) is 13.6. The number of anilines is 1. The molecule has 2 aromatic carbocycles. The molecule has 0 bridgehead atoms. The van der Waals surface area contributed by atoms with Crippen LogP contribution in [0, 0.1) is 17.0 Å². The van der Waals surface area contributed by atoms with Crippen molar-refractivity contribution in [1.82, 2.24) is 0 Å². The molecule has 1 N–H and O–H groups in total. The molecule has 0 radical (unpaired) electrons. The average molecular weight is 349 g/mol. The van der Waals surface area contributed by atoms with Crippen molar-refractivity contribution in [1.29, 1.82) is 0 Å². The lowest BCUT2D eigenvalue weighted by molar-refractivity contribution is -0.385. The van der Waals surface area contributed by atoms with Crippen LogP contribution in [0.1, 0.15) is 30.5 Å². The fraction of sp³-hybridized carbons (Fsp3) is 0.250. The lowest BCUT2D eigenvalue weighted by Gasteiger charge is -2.20. The van der Waals surface area contributed by atoms with E-state index in [0.29, 0.717) is 5.56 Å². The van der Waals surface area contributed by atoms with Crippen molar-refractivity contribution in [3.05, 3.63) is 68.2 Å². The average Bonchev–Trinajstić information content (AvgIpc) is 2.46. The number of benzene rings is 2. The number of nitrogens with zero attached hydrogens (tertiary/aromatic N) is 1. The van der Waals surface area contributed by atoms with Gasteiger partial charge in [0.1, 0.15) is 0 Å². The van der Waals surface area contributed by atoms with E-state index in [-0.39, 0.29) is 16.7 Å². The summed E-state index contributed by atoms with van der Waals surface area (Å²) < 4.78 is 1.02. The first-order valence-electron chi connectivity index (χ1n) is 6.79. The van der Waals surface area contributed by atoms with Gasteiger partial charge in [-0.05, 0) is 37.1 Å². The van der Waals surface area contributed by atoms with Crippen LogP contribution in [0.25, 0.3) is 0 Å². The lowest BCUT2D eigenvalue weighted by Crippen LogP contribution is -2.11. The number of hydrogen-bond acceptors (Lipinski definition) is 3. The minimum Gasteiger partial charge on any atom is -0.378 e. The molecule has 21 heavy (non-hydrogen) atoms. The molecule has 0 heterocycles. The van der Waals surface area contributed by atoms with Crippen LogP contribution < -0.4 is 5.32 Å². The first-order chi connectivity index (χ1) is 10.0. The predicted molar refractivity (Wildman–Crippen MR) is 88.6 cm³/mol. The highest BCUT2D eigenvalue weighted by Gasteiger charge is 2.16. The van der Waals surface area contributed by atoms with Gasteiger partial charge in [0.15, 0.2) is 0 Å². The second kappa shape index (κ2) is 6.72. The minimum absolute atomic E-state index is 0.114. The fourth-order valence-electron chi connectivity index (χ4n) is 2.31. The summed E-state index contributed by atoms with van der Waals surface area (Å²) in [5.74, 6) is 0. The van der Waals surface area contributed by atoms with Crippen LogP contribution >= 0.6 is 15.9 Å². The maximum absolute atomic E-state index is 11.0. The molecule has 0 aliphatic rings. The Kier molecular flexibility index (Phi) is 4.96. The van der Waals surface area contributed by atoms with Crippen LogP contribution in [0.4, 0.5) is 11.4 Å². The quantitative estimate of drug-likeness (QED) is 0.594. The second-order valence-corrected chi connectivity index (χ2v) is 5.78. The maximum atomic E-state index is 11.0. The lowest BCUT2D eigenvalue weighted by atomic mass is 10.0. The molecular weight excluding hydrogens is 332 g/mol. The Balaban J connectivity index is 2.31. The van der Waals surface area contributed by atoms with Crippen LogP contribution in [0.2, 0.25) is 0 Å². The predicted octanol–water partition coefficient (Wildman–Crippen LogP) is 5.23. The van der Waals surface area contributed by atoms with Crippen molar-refractivity contribution in [3.63, 3.8) is 0 Å². The van der Waals surface area contributed by atoms with Gasteiger partial charge >= 0.3 is 0 Å². The van der Waals surface area contributed by atoms with E-state index in [4.69, 9.17) is 0 Å². The Labute approximate surface area is 132 Å². The number of nitro groups is 1. The van der Waals surface area contributed by atoms with E-state index in [1.54, 1.807) is 13.0 Å². The maximum Gasteiger partial charge on any atom is 0.274 e. The van der Waals surface area contributed by atoms with Gasteiger partial charge < -0.3 is 5.32 Å². The molecule has 0 aliphatic heterocycles. The van der Waals surface area contributed by atoms with Crippen LogP contribution in [0.15, 0.2) is 46.9 Å². The van der Waals surface area contributed by atoms with Crippen molar-refractivity contribution >= 4 is 27.3 Å². The molecule has 0 amide bonds. The molecule has 0 saturated carbocycles. The van der Waals surface area contributed by atoms with Gasteiger partial charge in [-0.15, -0.1) is 0 Å². The van der Waals surface area contributed by atoms with Crippen LogP contribution in [-0.2, 0) is 0 Å². The van der Waals surface area contributed by atoms with E-state index in [2.05, 4.69) is 40.3 Å². The molecule has 0 spiro atoms. The topological polar surface area (TPSA) is 55.2 Å². The fourth-order valence-corrected chi connectivity index (χ4v) is 2.73. The molecule has 2 rings (SSSR count). The molecule has 110 valence electrons. The van der Waals surface area contributed by atoms with Crippen molar-refractivity contribution in [3.8, 4) is 0 Å². The third kappa shape index (κ3) is 3.61. The monoisotopic (exact) mass is 348 g/mol. The summed E-state index contributed by atoms with van der Waals surface area (Å²) in [5, 5.41) is 14.4. The first kappa shape index (κ1) is 15.5. The van der Waals surface area contributed by atoms with Gasteiger partial charge in [0.2, 0.25) is 0 Å². The molecule has 0 saturated heterocycles. The van der Waals surface area contributed by atoms with Crippen molar-refractivity contribution in [2.24, 2.45) is 0 Å². The van der Waals surface area contributed by atoms with Gasteiger partial charge in [-0.25, -0.2) is 0 Å². The first-order valence-corrected chi connectivity index (χ1v) is 7.58. The smallest absolute Gasteiger partial charge is 0.274 e. The van der Waals surface area contributed by atoms with Crippen molar-refractivity contribution < 1.29 is 4.92 Å².